The average Bonchev–Trinajstić information content (AvgIpc) is 3.25. The van der Waals surface area contributed by atoms with Crippen molar-refractivity contribution < 1.29 is 18.3 Å². The minimum absolute atomic E-state index is 0.210. The Hall–Kier alpha value is -3.11. The average molecular weight is 399 g/mol. The van der Waals surface area contributed by atoms with Crippen LogP contribution < -0.4 is 0 Å². The monoisotopic (exact) mass is 399 g/mol. The second-order valence-corrected chi connectivity index (χ2v) is 6.99. The molecule has 3 rings (SSSR count). The molecular weight excluding hydrogens is 379 g/mol. The second-order valence-electron chi connectivity index (χ2n) is 6.99. The highest BCUT2D eigenvalue weighted by atomic mass is 19.2. The summed E-state index contributed by atoms with van der Waals surface area (Å²) in [7, 11) is 0. The highest BCUT2D eigenvalue weighted by molar-refractivity contribution is 5.44. The molecule has 0 saturated carbocycles. The normalized spacial score (nSPS) is 14.0. The van der Waals surface area contributed by atoms with Gasteiger partial charge in [-0.1, -0.05) is 30.9 Å². The molecule has 0 bridgehead atoms. The number of halogens is 3. The van der Waals surface area contributed by atoms with Crippen molar-refractivity contribution in [2.45, 2.75) is 38.3 Å². The van der Waals surface area contributed by atoms with Crippen molar-refractivity contribution in [2.75, 3.05) is 0 Å². The van der Waals surface area contributed by atoms with Gasteiger partial charge in [-0.05, 0) is 43.5 Å². The van der Waals surface area contributed by atoms with Crippen LogP contribution in [0.15, 0.2) is 49.1 Å². The van der Waals surface area contributed by atoms with Crippen molar-refractivity contribution in [2.24, 2.45) is 0 Å². The molecule has 0 aliphatic carbocycles. The van der Waals surface area contributed by atoms with Crippen LogP contribution in [0.25, 0.3) is 0 Å². The van der Waals surface area contributed by atoms with Gasteiger partial charge in [0.1, 0.15) is 18.5 Å². The van der Waals surface area contributed by atoms with Crippen LogP contribution in [0.1, 0.15) is 37.0 Å². The van der Waals surface area contributed by atoms with Gasteiger partial charge in [-0.2, -0.15) is 5.10 Å². The van der Waals surface area contributed by atoms with Crippen LogP contribution >= 0.6 is 0 Å². The van der Waals surface area contributed by atoms with Crippen molar-refractivity contribution in [1.29, 1.82) is 0 Å². The van der Waals surface area contributed by atoms with Crippen LogP contribution in [-0.4, -0.2) is 26.0 Å². The molecule has 2 aromatic carbocycles. The highest BCUT2D eigenvalue weighted by Crippen LogP contribution is 2.27. The van der Waals surface area contributed by atoms with Gasteiger partial charge in [0.25, 0.3) is 0 Å². The maximum Gasteiger partial charge on any atom is 0.161 e. The molecule has 3 aromatic rings. The van der Waals surface area contributed by atoms with E-state index in [2.05, 4.69) is 21.9 Å². The molecule has 0 amide bonds. The zero-order valence-corrected chi connectivity index (χ0v) is 16.0. The third-order valence-corrected chi connectivity index (χ3v) is 4.91. The Morgan fingerprint density at radius 1 is 1.07 bits per heavy atom. The Labute approximate surface area is 167 Å². The summed E-state index contributed by atoms with van der Waals surface area (Å²) in [5, 5.41) is 14.7. The first-order valence-corrected chi connectivity index (χ1v) is 9.12. The summed E-state index contributed by atoms with van der Waals surface area (Å²) in [6.07, 6.45) is 3.45. The van der Waals surface area contributed by atoms with Gasteiger partial charge in [0.2, 0.25) is 0 Å². The number of benzene rings is 2. The number of nitrogens with zero attached hydrogens (tertiary/aromatic N) is 3. The molecule has 2 unspecified atom stereocenters. The summed E-state index contributed by atoms with van der Waals surface area (Å²) in [6, 6.07) is 8.42. The van der Waals surface area contributed by atoms with E-state index in [1.165, 1.54) is 6.33 Å². The molecule has 1 heterocycles. The van der Waals surface area contributed by atoms with Gasteiger partial charge in [-0.15, -0.1) is 0 Å². The number of hydrogen-bond acceptors (Lipinski definition) is 3. The Morgan fingerprint density at radius 3 is 2.38 bits per heavy atom. The molecule has 150 valence electrons. The highest BCUT2D eigenvalue weighted by Gasteiger charge is 2.35. The van der Waals surface area contributed by atoms with Crippen molar-refractivity contribution in [1.82, 2.24) is 14.8 Å². The summed E-state index contributed by atoms with van der Waals surface area (Å²) in [5.74, 6) is 1.96. The zero-order chi connectivity index (χ0) is 21.0. The van der Waals surface area contributed by atoms with E-state index in [4.69, 9.17) is 0 Å². The lowest BCUT2D eigenvalue weighted by molar-refractivity contribution is 0.0335. The van der Waals surface area contributed by atoms with Gasteiger partial charge in [-0.3, -0.25) is 0 Å². The van der Waals surface area contributed by atoms with Gasteiger partial charge in [0.15, 0.2) is 11.6 Å². The molecule has 2 atom stereocenters. The number of aliphatic hydroxyl groups excluding tert-OH is 1. The van der Waals surface area contributed by atoms with E-state index in [9.17, 15) is 18.3 Å². The van der Waals surface area contributed by atoms with E-state index >= 15 is 0 Å². The molecule has 0 fully saturated rings. The van der Waals surface area contributed by atoms with E-state index < -0.39 is 29.1 Å². The van der Waals surface area contributed by atoms with Gasteiger partial charge in [0.05, 0.1) is 17.2 Å². The number of hydrogen-bond donors (Lipinski definition) is 1. The molecule has 29 heavy (non-hydrogen) atoms. The lowest BCUT2D eigenvalue weighted by atomic mass is 9.86. The lowest BCUT2D eigenvalue weighted by Gasteiger charge is -2.34. The second kappa shape index (κ2) is 8.50. The molecule has 1 aromatic heterocycles. The fourth-order valence-corrected chi connectivity index (χ4v) is 3.14. The molecule has 4 nitrogen and oxygen atoms in total. The van der Waals surface area contributed by atoms with Gasteiger partial charge in [-0.25, -0.2) is 22.8 Å². The van der Waals surface area contributed by atoms with Crippen LogP contribution in [0.5, 0.6) is 0 Å². The molecule has 0 radical (unpaired) electrons. The van der Waals surface area contributed by atoms with E-state index in [0.29, 0.717) is 24.5 Å². The van der Waals surface area contributed by atoms with Crippen LogP contribution in [-0.2, 0) is 12.0 Å². The first-order chi connectivity index (χ1) is 13.8. The van der Waals surface area contributed by atoms with E-state index in [0.717, 1.165) is 11.6 Å². The van der Waals surface area contributed by atoms with E-state index in [-0.39, 0.29) is 5.56 Å². The Balaban J connectivity index is 1.81. The number of aliphatic hydroxyl groups is 1. The topological polar surface area (TPSA) is 50.9 Å². The smallest absolute Gasteiger partial charge is 0.161 e. The van der Waals surface area contributed by atoms with Crippen molar-refractivity contribution in [3.8, 4) is 11.8 Å². The summed E-state index contributed by atoms with van der Waals surface area (Å²) >= 11 is 0. The number of rotatable bonds is 5. The molecule has 1 N–H and O–H groups in total. The van der Waals surface area contributed by atoms with Crippen molar-refractivity contribution in [3.05, 3.63) is 83.2 Å². The van der Waals surface area contributed by atoms with Gasteiger partial charge >= 0.3 is 0 Å². The van der Waals surface area contributed by atoms with Crippen LogP contribution in [0.3, 0.4) is 0 Å². The molecule has 7 heteroatoms. The van der Waals surface area contributed by atoms with Gasteiger partial charge in [0, 0.05) is 11.6 Å². The first-order valence-electron chi connectivity index (χ1n) is 9.12. The molecule has 0 spiro atoms. The molecule has 0 aliphatic heterocycles. The molecule has 0 saturated heterocycles. The number of aromatic nitrogens is 3. The lowest BCUT2D eigenvalue weighted by Crippen LogP contribution is -2.44. The summed E-state index contributed by atoms with van der Waals surface area (Å²) in [4.78, 5) is 3.97. The largest absolute Gasteiger partial charge is 0.391 e. The molecular formula is C22H20F3N3O. The van der Waals surface area contributed by atoms with E-state index in [1.54, 1.807) is 23.1 Å². The third-order valence-electron chi connectivity index (χ3n) is 4.91. The first kappa shape index (κ1) is 20.6. The third kappa shape index (κ3) is 4.49. The maximum absolute atomic E-state index is 13.7. The van der Waals surface area contributed by atoms with Crippen molar-refractivity contribution in [3.63, 3.8) is 0 Å². The summed E-state index contributed by atoms with van der Waals surface area (Å²) in [5.41, 5.74) is 0.655. The Kier molecular flexibility index (Phi) is 6.04. The minimum Gasteiger partial charge on any atom is -0.391 e. The zero-order valence-electron chi connectivity index (χ0n) is 16.0. The predicted molar refractivity (Wildman–Crippen MR) is 102 cm³/mol. The Bertz CT molecular complexity index is 1040. The van der Waals surface area contributed by atoms with Gasteiger partial charge < -0.3 is 5.11 Å². The summed E-state index contributed by atoms with van der Waals surface area (Å²) in [6.45, 7) is 3.81. The molecule has 0 aliphatic rings. The standard InChI is InChI=1S/C22H20F3N3O/c1-3-21(29)22(2,28-14-26-13-27-28)12-16-6-4-15(5-7-16)8-9-17-10-19(24)20(25)11-18(17)23/h4-7,10-11,13-14,21,29H,3,12H2,1-2H3. The fraction of sp³-hybridized carbons (Fsp3) is 0.273. The van der Waals surface area contributed by atoms with Crippen LogP contribution in [0, 0.1) is 29.3 Å². The predicted octanol–water partition coefficient (Wildman–Crippen LogP) is 3.82. The quantitative estimate of drug-likeness (QED) is 0.524. The fourth-order valence-electron chi connectivity index (χ4n) is 3.14. The Morgan fingerprint density at radius 2 is 1.76 bits per heavy atom. The maximum atomic E-state index is 13.7. The summed E-state index contributed by atoms with van der Waals surface area (Å²) < 4.78 is 41.6. The van der Waals surface area contributed by atoms with Crippen LogP contribution in [0.4, 0.5) is 13.2 Å². The minimum atomic E-state index is -1.25. The van der Waals surface area contributed by atoms with E-state index in [1.807, 2.05) is 26.0 Å². The van der Waals surface area contributed by atoms with Crippen LogP contribution in [0.2, 0.25) is 0 Å². The SMILES string of the molecule is CCC(O)C(C)(Cc1ccc(C#Cc2cc(F)c(F)cc2F)cc1)n1cncn1. The van der Waals surface area contributed by atoms with Crippen molar-refractivity contribution >= 4 is 0 Å².